The maximum absolute atomic E-state index is 13.4. The summed E-state index contributed by atoms with van der Waals surface area (Å²) in [7, 11) is -4.39. The van der Waals surface area contributed by atoms with Gasteiger partial charge in [0.15, 0.2) is 8.32 Å². The highest BCUT2D eigenvalue weighted by atomic mass is 31.2. The molecule has 0 saturated carbocycles. The fourth-order valence-electron chi connectivity index (χ4n) is 2.99. The van der Waals surface area contributed by atoms with E-state index in [1.807, 2.05) is 18.2 Å². The summed E-state index contributed by atoms with van der Waals surface area (Å²) in [5.74, 6) is 0. The van der Waals surface area contributed by atoms with Crippen molar-refractivity contribution in [2.45, 2.75) is 45.3 Å². The maximum atomic E-state index is 13.4. The average molecular weight is 339 g/mol. The molecule has 0 bridgehead atoms. The van der Waals surface area contributed by atoms with Gasteiger partial charge in [0.2, 0.25) is 7.37 Å². The Balaban J connectivity index is 2.02. The molecule has 1 fully saturated rings. The van der Waals surface area contributed by atoms with Crippen LogP contribution in [-0.4, -0.2) is 38.8 Å². The molecule has 1 aromatic rings. The Morgan fingerprint density at radius 2 is 1.73 bits per heavy atom. The number of hydrogen-bond acceptors (Lipinski definition) is 3. The minimum Gasteiger partial charge on any atom is -0.369 e. The second kappa shape index (κ2) is 7.92. The van der Waals surface area contributed by atoms with Gasteiger partial charge in [-0.15, -0.1) is 0 Å². The van der Waals surface area contributed by atoms with Crippen molar-refractivity contribution in [2.24, 2.45) is 0 Å². The largest absolute Gasteiger partial charge is 0.369 e. The number of hydrogen-bond donors (Lipinski definition) is 0. The molecule has 124 valence electrons. The number of nitrogens with zero attached hydrogens (tertiary/aromatic N) is 1. The quantitative estimate of drug-likeness (QED) is 0.528. The van der Waals surface area contributed by atoms with E-state index in [2.05, 4.69) is 36.7 Å². The Morgan fingerprint density at radius 1 is 1.09 bits per heavy atom. The second-order valence-corrected chi connectivity index (χ2v) is 14.6. The molecule has 1 atom stereocenters. The first-order valence-corrected chi connectivity index (χ1v) is 13.8. The number of rotatable bonds is 7. The van der Waals surface area contributed by atoms with Gasteiger partial charge >= 0.3 is 0 Å². The zero-order valence-electron chi connectivity index (χ0n) is 14.3. The summed E-state index contributed by atoms with van der Waals surface area (Å²) in [5, 5.41) is 0. The van der Waals surface area contributed by atoms with Crippen LogP contribution in [-0.2, 0) is 15.2 Å². The Kier molecular flexibility index (Phi) is 6.45. The summed E-state index contributed by atoms with van der Waals surface area (Å²) in [6.07, 6.45) is 5.91. The average Bonchev–Trinajstić information content (AvgIpc) is 2.45. The molecule has 5 heteroatoms. The standard InChI is InChI=1S/C17H30NO2PSi/c1-22(2,3)20-21(19,16-18-13-8-5-9-14-18)15-12-17-10-6-4-7-11-17/h4,6-7,10-11H,5,8-9,12-16H2,1-3H3. The monoisotopic (exact) mass is 339 g/mol. The molecular formula is C17H30NO2PSi. The molecular weight excluding hydrogens is 309 g/mol. The Hall–Kier alpha value is -0.413. The van der Waals surface area contributed by atoms with E-state index in [1.54, 1.807) is 0 Å². The highest BCUT2D eigenvalue weighted by Gasteiger charge is 2.32. The molecule has 1 aliphatic rings. The minimum atomic E-state index is -2.59. The van der Waals surface area contributed by atoms with Crippen LogP contribution in [0.25, 0.3) is 0 Å². The lowest BCUT2D eigenvalue weighted by Crippen LogP contribution is -2.34. The lowest BCUT2D eigenvalue weighted by Gasteiger charge is -2.33. The van der Waals surface area contributed by atoms with Crippen LogP contribution < -0.4 is 0 Å². The fourth-order valence-corrected chi connectivity index (χ4v) is 9.22. The normalized spacial score (nSPS) is 19.8. The van der Waals surface area contributed by atoms with Crippen LogP contribution in [0.2, 0.25) is 19.6 Å². The fraction of sp³-hybridized carbons (Fsp3) is 0.647. The first-order chi connectivity index (χ1) is 10.4. The van der Waals surface area contributed by atoms with Gasteiger partial charge in [-0.1, -0.05) is 36.8 Å². The van der Waals surface area contributed by atoms with Gasteiger partial charge < -0.3 is 4.21 Å². The maximum Gasteiger partial charge on any atom is 0.207 e. The van der Waals surface area contributed by atoms with E-state index in [0.29, 0.717) is 12.4 Å². The molecule has 3 nitrogen and oxygen atoms in total. The van der Waals surface area contributed by atoms with Crippen molar-refractivity contribution in [1.29, 1.82) is 0 Å². The van der Waals surface area contributed by atoms with Crippen LogP contribution in [0.5, 0.6) is 0 Å². The zero-order valence-corrected chi connectivity index (χ0v) is 16.1. The molecule has 1 aromatic carbocycles. The first-order valence-electron chi connectivity index (χ1n) is 8.41. The Morgan fingerprint density at radius 3 is 2.32 bits per heavy atom. The van der Waals surface area contributed by atoms with Gasteiger partial charge in [-0.3, -0.25) is 9.46 Å². The topological polar surface area (TPSA) is 29.5 Å². The van der Waals surface area contributed by atoms with E-state index < -0.39 is 15.7 Å². The van der Waals surface area contributed by atoms with Gasteiger partial charge in [0, 0.05) is 6.16 Å². The third kappa shape index (κ3) is 6.37. The predicted molar refractivity (Wildman–Crippen MR) is 97.3 cm³/mol. The molecule has 0 N–H and O–H groups in total. The molecule has 1 heterocycles. The van der Waals surface area contributed by atoms with Crippen molar-refractivity contribution in [3.8, 4) is 0 Å². The molecule has 2 rings (SSSR count). The first kappa shape index (κ1) is 17.9. The third-order valence-electron chi connectivity index (χ3n) is 3.89. The van der Waals surface area contributed by atoms with Gasteiger partial charge in [-0.05, 0) is 57.6 Å². The van der Waals surface area contributed by atoms with E-state index in [1.165, 1.54) is 24.8 Å². The Bertz CT molecular complexity index is 495. The van der Waals surface area contributed by atoms with E-state index in [-0.39, 0.29) is 0 Å². The minimum absolute atomic E-state index is 0.643. The summed E-state index contributed by atoms with van der Waals surface area (Å²) in [6.45, 7) is 8.56. The van der Waals surface area contributed by atoms with Crippen LogP contribution >= 0.6 is 7.37 Å². The van der Waals surface area contributed by atoms with Crippen LogP contribution in [0.1, 0.15) is 24.8 Å². The predicted octanol–water partition coefficient (Wildman–Crippen LogP) is 4.80. The molecule has 0 aromatic heterocycles. The molecule has 0 radical (unpaired) electrons. The molecule has 1 saturated heterocycles. The summed E-state index contributed by atoms with van der Waals surface area (Å²) >= 11 is 0. The molecule has 1 aliphatic heterocycles. The van der Waals surface area contributed by atoms with E-state index >= 15 is 0 Å². The van der Waals surface area contributed by atoms with Gasteiger partial charge in [0.05, 0.1) is 6.29 Å². The summed E-state index contributed by atoms with van der Waals surface area (Å²) in [6, 6.07) is 10.3. The summed E-state index contributed by atoms with van der Waals surface area (Å²) < 4.78 is 19.6. The SMILES string of the molecule is C[Si](C)(C)OP(=O)(CCc1ccccc1)CN1CCCCC1. The number of benzene rings is 1. The highest BCUT2D eigenvalue weighted by Crippen LogP contribution is 2.50. The summed E-state index contributed by atoms with van der Waals surface area (Å²) in [5.41, 5.74) is 1.25. The smallest absolute Gasteiger partial charge is 0.207 e. The van der Waals surface area contributed by atoms with Crippen LogP contribution in [0.3, 0.4) is 0 Å². The van der Waals surface area contributed by atoms with Crippen molar-refractivity contribution in [3.63, 3.8) is 0 Å². The number of likely N-dealkylation sites (tertiary alicyclic amines) is 1. The van der Waals surface area contributed by atoms with Crippen molar-refractivity contribution >= 4 is 15.7 Å². The molecule has 1 unspecified atom stereocenters. The van der Waals surface area contributed by atoms with Crippen LogP contribution in [0.4, 0.5) is 0 Å². The van der Waals surface area contributed by atoms with Crippen molar-refractivity contribution in [2.75, 3.05) is 25.5 Å². The van der Waals surface area contributed by atoms with E-state index in [9.17, 15) is 4.57 Å². The summed E-state index contributed by atoms with van der Waals surface area (Å²) in [4.78, 5) is 2.36. The number of aryl methyl sites for hydroxylation is 1. The van der Waals surface area contributed by atoms with Crippen molar-refractivity contribution < 1.29 is 8.78 Å². The highest BCUT2D eigenvalue weighted by molar-refractivity contribution is 7.60. The lowest BCUT2D eigenvalue weighted by molar-refractivity contribution is 0.254. The van der Waals surface area contributed by atoms with Crippen LogP contribution in [0.15, 0.2) is 30.3 Å². The zero-order chi connectivity index (χ0) is 16.1. The van der Waals surface area contributed by atoms with Gasteiger partial charge in [0.25, 0.3) is 0 Å². The van der Waals surface area contributed by atoms with E-state index in [0.717, 1.165) is 19.5 Å². The number of piperidine rings is 1. The molecule has 0 aliphatic carbocycles. The third-order valence-corrected chi connectivity index (χ3v) is 9.15. The van der Waals surface area contributed by atoms with Crippen LogP contribution in [0, 0.1) is 0 Å². The van der Waals surface area contributed by atoms with Gasteiger partial charge in [-0.2, -0.15) is 0 Å². The molecule has 0 spiro atoms. The van der Waals surface area contributed by atoms with Gasteiger partial charge in [-0.25, -0.2) is 0 Å². The van der Waals surface area contributed by atoms with Crippen molar-refractivity contribution in [1.82, 2.24) is 4.90 Å². The lowest BCUT2D eigenvalue weighted by atomic mass is 10.1. The van der Waals surface area contributed by atoms with Crippen molar-refractivity contribution in [3.05, 3.63) is 35.9 Å². The molecule has 0 amide bonds. The van der Waals surface area contributed by atoms with Gasteiger partial charge in [0.1, 0.15) is 0 Å². The Labute approximate surface area is 136 Å². The molecule has 22 heavy (non-hydrogen) atoms. The second-order valence-electron chi connectivity index (χ2n) is 7.30. The van der Waals surface area contributed by atoms with E-state index in [4.69, 9.17) is 4.21 Å².